The molecule has 274 valence electrons. The molecule has 0 saturated heterocycles. The van der Waals surface area contributed by atoms with Gasteiger partial charge in [0, 0.05) is 27.8 Å². The number of ether oxygens (including phenoxy) is 4. The lowest BCUT2D eigenvalue weighted by molar-refractivity contribution is 0.177. The summed E-state index contributed by atoms with van der Waals surface area (Å²) >= 11 is 0. The maximum absolute atomic E-state index is 6.54. The van der Waals surface area contributed by atoms with Crippen LogP contribution in [0.25, 0.3) is 22.4 Å². The van der Waals surface area contributed by atoms with Crippen LogP contribution < -0.4 is 18.9 Å². The molecule has 0 spiro atoms. The molecule has 0 bridgehead atoms. The Morgan fingerprint density at radius 3 is 1.48 bits per heavy atom. The molecule has 0 aliphatic carbocycles. The first kappa shape index (κ1) is 38.3. The van der Waals surface area contributed by atoms with Crippen molar-refractivity contribution in [3.05, 3.63) is 114 Å². The number of para-hydroxylation sites is 4. The Kier molecular flexibility index (Phi) is 15.3. The van der Waals surface area contributed by atoms with Gasteiger partial charge in [0.25, 0.3) is 0 Å². The number of aromatic nitrogens is 3. The van der Waals surface area contributed by atoms with Crippen LogP contribution in [0.5, 0.6) is 23.0 Å². The third-order valence-electron chi connectivity index (χ3n) is 9.43. The van der Waals surface area contributed by atoms with Crippen LogP contribution in [0.2, 0.25) is 0 Å². The summed E-state index contributed by atoms with van der Waals surface area (Å²) in [5.41, 5.74) is 5.16. The summed E-state index contributed by atoms with van der Waals surface area (Å²) in [6.45, 7) is 9.55. The van der Waals surface area contributed by atoms with Crippen molar-refractivity contribution in [2.75, 3.05) is 0 Å². The van der Waals surface area contributed by atoms with Crippen molar-refractivity contribution >= 4 is 0 Å². The Morgan fingerprint density at radius 1 is 0.500 bits per heavy atom. The van der Waals surface area contributed by atoms with E-state index in [1.807, 2.05) is 84.9 Å². The zero-order valence-corrected chi connectivity index (χ0v) is 31.4. The molecule has 2 atom stereocenters. The highest BCUT2D eigenvalue weighted by Crippen LogP contribution is 2.39. The molecule has 52 heavy (non-hydrogen) atoms. The molecule has 7 heteroatoms. The summed E-state index contributed by atoms with van der Waals surface area (Å²) in [6.07, 6.45) is 13.3. The van der Waals surface area contributed by atoms with Crippen LogP contribution in [0.4, 0.5) is 0 Å². The molecule has 0 fully saturated rings. The Morgan fingerprint density at radius 2 is 0.962 bits per heavy atom. The fraction of sp³-hybridized carbons (Fsp3) is 0.400. The van der Waals surface area contributed by atoms with Crippen molar-refractivity contribution < 1.29 is 18.9 Å². The summed E-state index contributed by atoms with van der Waals surface area (Å²) in [5, 5.41) is 12.8. The standard InChI is InChI=1S/C45H55N3O4/c1-5-9-11-23-36(7-3)51-41-27-17-13-21-34(41)32-49-43-29-19-15-25-38(43)40-31-46-48-47-45(40)39-26-16-20-30-44(39)50-33-35-22-14-18-28-42(35)52-37(8-4)24-12-10-6-2/h13-22,25-31,36-37H,5-12,23-24,32-33H2,1-4H3. The van der Waals surface area contributed by atoms with Gasteiger partial charge in [-0.25, -0.2) is 0 Å². The van der Waals surface area contributed by atoms with E-state index in [9.17, 15) is 0 Å². The second kappa shape index (κ2) is 20.8. The first-order valence-corrected chi connectivity index (χ1v) is 19.3. The largest absolute Gasteiger partial charge is 0.490 e. The summed E-state index contributed by atoms with van der Waals surface area (Å²) < 4.78 is 26.1. The van der Waals surface area contributed by atoms with Gasteiger partial charge in [-0.3, -0.25) is 0 Å². The lowest BCUT2D eigenvalue weighted by Gasteiger charge is -2.21. The third-order valence-corrected chi connectivity index (χ3v) is 9.43. The first-order chi connectivity index (χ1) is 25.6. The van der Waals surface area contributed by atoms with E-state index in [1.54, 1.807) is 6.20 Å². The Labute approximate surface area is 310 Å². The van der Waals surface area contributed by atoms with Crippen LogP contribution in [0.1, 0.15) is 103 Å². The second-order valence-electron chi connectivity index (χ2n) is 13.3. The van der Waals surface area contributed by atoms with Crippen LogP contribution in [-0.4, -0.2) is 27.6 Å². The van der Waals surface area contributed by atoms with Gasteiger partial charge in [-0.05, 0) is 74.1 Å². The second-order valence-corrected chi connectivity index (χ2v) is 13.3. The van der Waals surface area contributed by atoms with Crippen LogP contribution >= 0.6 is 0 Å². The number of benzene rings is 4. The van der Waals surface area contributed by atoms with Crippen LogP contribution in [0.3, 0.4) is 0 Å². The highest BCUT2D eigenvalue weighted by atomic mass is 16.5. The average molecular weight is 702 g/mol. The van der Waals surface area contributed by atoms with Crippen molar-refractivity contribution in [2.45, 2.75) is 117 Å². The topological polar surface area (TPSA) is 75.6 Å². The van der Waals surface area contributed by atoms with Crippen molar-refractivity contribution in [2.24, 2.45) is 0 Å². The molecule has 0 radical (unpaired) electrons. The zero-order valence-electron chi connectivity index (χ0n) is 31.4. The predicted molar refractivity (Wildman–Crippen MR) is 210 cm³/mol. The van der Waals surface area contributed by atoms with E-state index < -0.39 is 0 Å². The van der Waals surface area contributed by atoms with Gasteiger partial charge in [0.1, 0.15) is 41.9 Å². The molecule has 1 heterocycles. The van der Waals surface area contributed by atoms with E-state index >= 15 is 0 Å². The summed E-state index contributed by atoms with van der Waals surface area (Å²) in [5.74, 6) is 3.16. The first-order valence-electron chi connectivity index (χ1n) is 19.3. The smallest absolute Gasteiger partial charge is 0.129 e. The number of hydrogen-bond acceptors (Lipinski definition) is 7. The third kappa shape index (κ3) is 10.8. The van der Waals surface area contributed by atoms with E-state index in [2.05, 4.69) is 55.2 Å². The lowest BCUT2D eigenvalue weighted by Crippen LogP contribution is -2.16. The van der Waals surface area contributed by atoms with E-state index in [0.717, 1.165) is 70.7 Å². The van der Waals surface area contributed by atoms with Crippen LogP contribution in [0.15, 0.2) is 103 Å². The summed E-state index contributed by atoms with van der Waals surface area (Å²) in [7, 11) is 0. The molecule has 4 aromatic carbocycles. The molecule has 0 aliphatic rings. The molecule has 5 aromatic rings. The SMILES string of the molecule is CCCCCC(CC)Oc1ccccc1COc1ccccc1-c1cnnnc1-c1ccccc1OCc1ccccc1OC(CC)CCCCC. The fourth-order valence-electron chi connectivity index (χ4n) is 6.35. The average Bonchev–Trinajstić information content (AvgIpc) is 3.19. The van der Waals surface area contributed by atoms with Crippen molar-refractivity contribution in [3.63, 3.8) is 0 Å². The van der Waals surface area contributed by atoms with Gasteiger partial charge in [-0.1, -0.05) is 120 Å². The van der Waals surface area contributed by atoms with Gasteiger partial charge in [0.15, 0.2) is 0 Å². The van der Waals surface area contributed by atoms with E-state index in [1.165, 1.54) is 38.5 Å². The van der Waals surface area contributed by atoms with Gasteiger partial charge in [-0.2, -0.15) is 0 Å². The molecular formula is C45H55N3O4. The number of hydrogen-bond donors (Lipinski definition) is 0. The molecule has 2 unspecified atom stereocenters. The van der Waals surface area contributed by atoms with Crippen LogP contribution in [-0.2, 0) is 13.2 Å². The minimum atomic E-state index is 0.182. The monoisotopic (exact) mass is 701 g/mol. The van der Waals surface area contributed by atoms with Gasteiger partial charge in [0.05, 0.1) is 18.4 Å². The number of unbranched alkanes of at least 4 members (excludes halogenated alkanes) is 4. The molecule has 0 amide bonds. The maximum atomic E-state index is 6.54. The van der Waals surface area contributed by atoms with E-state index in [0.29, 0.717) is 24.7 Å². The predicted octanol–water partition coefficient (Wildman–Crippen LogP) is 11.8. The number of nitrogens with zero attached hydrogens (tertiary/aromatic N) is 3. The molecule has 0 aliphatic heterocycles. The molecular weight excluding hydrogens is 647 g/mol. The highest BCUT2D eigenvalue weighted by molar-refractivity contribution is 5.85. The van der Waals surface area contributed by atoms with Gasteiger partial charge in [-0.15, -0.1) is 10.2 Å². The minimum Gasteiger partial charge on any atom is -0.490 e. The Bertz CT molecular complexity index is 1660. The molecule has 1 aromatic heterocycles. The lowest BCUT2D eigenvalue weighted by atomic mass is 9.99. The molecule has 0 N–H and O–H groups in total. The molecule has 0 saturated carbocycles. The quantitative estimate of drug-likeness (QED) is 0.0665. The Balaban J connectivity index is 1.35. The Hall–Kier alpha value is -4.91. The van der Waals surface area contributed by atoms with Gasteiger partial charge < -0.3 is 18.9 Å². The van der Waals surface area contributed by atoms with Crippen molar-refractivity contribution in [1.82, 2.24) is 15.4 Å². The van der Waals surface area contributed by atoms with E-state index in [-0.39, 0.29) is 12.2 Å². The zero-order chi connectivity index (χ0) is 36.4. The summed E-state index contributed by atoms with van der Waals surface area (Å²) in [6, 6.07) is 32.2. The van der Waals surface area contributed by atoms with Gasteiger partial charge >= 0.3 is 0 Å². The molecule has 7 nitrogen and oxygen atoms in total. The van der Waals surface area contributed by atoms with Gasteiger partial charge in [0.2, 0.25) is 0 Å². The van der Waals surface area contributed by atoms with Crippen LogP contribution in [0, 0.1) is 0 Å². The van der Waals surface area contributed by atoms with Crippen molar-refractivity contribution in [1.29, 1.82) is 0 Å². The highest BCUT2D eigenvalue weighted by Gasteiger charge is 2.19. The number of rotatable bonds is 22. The molecule has 5 rings (SSSR count). The van der Waals surface area contributed by atoms with Crippen molar-refractivity contribution in [3.8, 4) is 45.4 Å². The normalized spacial score (nSPS) is 12.2. The maximum Gasteiger partial charge on any atom is 0.129 e. The summed E-state index contributed by atoms with van der Waals surface area (Å²) in [4.78, 5) is 0. The fourth-order valence-corrected chi connectivity index (χ4v) is 6.35. The minimum absolute atomic E-state index is 0.182. The van der Waals surface area contributed by atoms with E-state index in [4.69, 9.17) is 18.9 Å².